The smallest absolute Gasteiger partial charge is 0.0406 e. The first-order valence-electron chi connectivity index (χ1n) is 9.11. The van der Waals surface area contributed by atoms with Gasteiger partial charge >= 0.3 is 0 Å². The molecule has 0 bridgehead atoms. The van der Waals surface area contributed by atoms with Crippen molar-refractivity contribution in [1.29, 1.82) is 0 Å². The lowest BCUT2D eigenvalue weighted by molar-refractivity contribution is 0.138. The van der Waals surface area contributed by atoms with Gasteiger partial charge in [0.25, 0.3) is 0 Å². The van der Waals surface area contributed by atoms with E-state index in [-0.39, 0.29) is 5.41 Å². The molecule has 0 radical (unpaired) electrons. The van der Waals surface area contributed by atoms with Crippen LogP contribution in [0.25, 0.3) is 0 Å². The summed E-state index contributed by atoms with van der Waals surface area (Å²) < 4.78 is 0. The van der Waals surface area contributed by atoms with E-state index in [2.05, 4.69) is 61.2 Å². The highest BCUT2D eigenvalue weighted by Gasteiger charge is 2.30. The quantitative estimate of drug-likeness (QED) is 0.622. The van der Waals surface area contributed by atoms with Crippen molar-refractivity contribution in [2.45, 2.75) is 51.0 Å². The molecule has 0 aliphatic carbocycles. The van der Waals surface area contributed by atoms with Crippen LogP contribution in [-0.4, -0.2) is 18.0 Å². The van der Waals surface area contributed by atoms with Crippen LogP contribution in [0.3, 0.4) is 0 Å². The van der Waals surface area contributed by atoms with E-state index in [1.54, 1.807) is 0 Å². The van der Waals surface area contributed by atoms with Gasteiger partial charge < -0.3 is 0 Å². The van der Waals surface area contributed by atoms with Gasteiger partial charge in [0.1, 0.15) is 0 Å². The van der Waals surface area contributed by atoms with Crippen LogP contribution < -0.4 is 0 Å². The normalized spacial score (nSPS) is 17.6. The lowest BCUT2D eigenvalue weighted by Crippen LogP contribution is -2.37. The zero-order valence-corrected chi connectivity index (χ0v) is 15.6. The second-order valence-corrected chi connectivity index (χ2v) is 8.05. The molecule has 2 heteroatoms. The highest BCUT2D eigenvalue weighted by molar-refractivity contribution is 6.30. The van der Waals surface area contributed by atoms with Crippen LogP contribution in [0.4, 0.5) is 0 Å². The van der Waals surface area contributed by atoms with E-state index in [9.17, 15) is 0 Å². The van der Waals surface area contributed by atoms with Crippen molar-refractivity contribution in [2.24, 2.45) is 0 Å². The third kappa shape index (κ3) is 4.20. The van der Waals surface area contributed by atoms with Crippen LogP contribution in [0, 0.1) is 0 Å². The Morgan fingerprint density at radius 1 is 0.917 bits per heavy atom. The molecule has 0 saturated carbocycles. The second kappa shape index (κ2) is 7.72. The molecule has 1 saturated heterocycles. The third-order valence-corrected chi connectivity index (χ3v) is 5.60. The van der Waals surface area contributed by atoms with Gasteiger partial charge in [0, 0.05) is 11.1 Å². The second-order valence-electron chi connectivity index (χ2n) is 7.62. The van der Waals surface area contributed by atoms with Gasteiger partial charge in [0.05, 0.1) is 0 Å². The van der Waals surface area contributed by atoms with Crippen molar-refractivity contribution in [3.8, 4) is 0 Å². The summed E-state index contributed by atoms with van der Waals surface area (Å²) in [6, 6.07) is 19.9. The van der Waals surface area contributed by atoms with Crippen molar-refractivity contribution < 1.29 is 0 Å². The van der Waals surface area contributed by atoms with Gasteiger partial charge in [-0.2, -0.15) is 0 Å². The Labute approximate surface area is 151 Å². The maximum atomic E-state index is 6.08. The van der Waals surface area contributed by atoms with E-state index in [0.717, 1.165) is 11.4 Å². The minimum Gasteiger partial charge on any atom is -0.296 e. The zero-order chi connectivity index (χ0) is 17.0. The van der Waals surface area contributed by atoms with E-state index >= 15 is 0 Å². The summed E-state index contributed by atoms with van der Waals surface area (Å²) >= 11 is 6.08. The molecule has 2 aromatic rings. The Morgan fingerprint density at radius 2 is 1.54 bits per heavy atom. The number of piperidine rings is 1. The van der Waals surface area contributed by atoms with Gasteiger partial charge in [0.15, 0.2) is 0 Å². The van der Waals surface area contributed by atoms with Gasteiger partial charge in [-0.25, -0.2) is 0 Å². The molecule has 0 aromatic heterocycles. The molecule has 24 heavy (non-hydrogen) atoms. The average molecular weight is 342 g/mol. The maximum Gasteiger partial charge on any atom is 0.0406 e. The average Bonchev–Trinajstić information content (AvgIpc) is 2.62. The van der Waals surface area contributed by atoms with Gasteiger partial charge in [-0.1, -0.05) is 74.3 Å². The lowest BCUT2D eigenvalue weighted by Gasteiger charge is -2.39. The molecule has 0 amide bonds. The molecule has 0 spiro atoms. The van der Waals surface area contributed by atoms with Crippen molar-refractivity contribution >= 4 is 11.6 Å². The molecule has 1 nitrogen and oxygen atoms in total. The molecular weight excluding hydrogens is 314 g/mol. The fourth-order valence-electron chi connectivity index (χ4n) is 3.87. The molecule has 1 aliphatic heterocycles. The molecule has 1 aliphatic rings. The van der Waals surface area contributed by atoms with E-state index in [1.807, 2.05) is 12.1 Å². The summed E-state index contributed by atoms with van der Waals surface area (Å²) in [4.78, 5) is 2.69. The minimum atomic E-state index is 0.114. The van der Waals surface area contributed by atoms with Crippen LogP contribution in [-0.2, 0) is 5.41 Å². The molecule has 2 aromatic carbocycles. The summed E-state index contributed by atoms with van der Waals surface area (Å²) in [6.45, 7) is 7.15. The van der Waals surface area contributed by atoms with Crippen molar-refractivity contribution in [3.63, 3.8) is 0 Å². The Morgan fingerprint density at radius 3 is 2.17 bits per heavy atom. The van der Waals surface area contributed by atoms with Crippen LogP contribution in [0.1, 0.15) is 56.7 Å². The Kier molecular flexibility index (Phi) is 5.63. The standard InChI is InChI=1S/C22H28ClN/c1-22(2,19-11-13-20(23)14-12-19)17-21(18-9-5-3-6-10-18)24-15-7-4-8-16-24/h3,5-6,9-14,21H,4,7-8,15-17H2,1-2H3. The molecule has 0 N–H and O–H groups in total. The van der Waals surface area contributed by atoms with Crippen LogP contribution >= 0.6 is 11.6 Å². The molecule has 3 rings (SSSR count). The largest absolute Gasteiger partial charge is 0.296 e. The summed E-state index contributed by atoms with van der Waals surface area (Å²) in [7, 11) is 0. The van der Waals surface area contributed by atoms with Crippen molar-refractivity contribution in [2.75, 3.05) is 13.1 Å². The highest BCUT2D eigenvalue weighted by atomic mass is 35.5. The van der Waals surface area contributed by atoms with Crippen LogP contribution in [0.15, 0.2) is 54.6 Å². The Bertz CT molecular complexity index is 627. The Hall–Kier alpha value is -1.31. The lowest BCUT2D eigenvalue weighted by atomic mass is 9.77. The molecule has 1 atom stereocenters. The topological polar surface area (TPSA) is 3.24 Å². The minimum absolute atomic E-state index is 0.114. The highest BCUT2D eigenvalue weighted by Crippen LogP contribution is 2.38. The molecular formula is C22H28ClN. The van der Waals surface area contributed by atoms with E-state index < -0.39 is 0 Å². The van der Waals surface area contributed by atoms with Gasteiger partial charge in [0.2, 0.25) is 0 Å². The first-order valence-corrected chi connectivity index (χ1v) is 9.49. The molecule has 128 valence electrons. The predicted molar refractivity (Wildman–Crippen MR) is 104 cm³/mol. The maximum absolute atomic E-state index is 6.08. The van der Waals surface area contributed by atoms with Crippen LogP contribution in [0.5, 0.6) is 0 Å². The van der Waals surface area contributed by atoms with E-state index in [0.29, 0.717) is 6.04 Å². The summed E-state index contributed by atoms with van der Waals surface area (Å²) in [5.41, 5.74) is 2.93. The fourth-order valence-corrected chi connectivity index (χ4v) is 3.99. The van der Waals surface area contributed by atoms with Gasteiger partial charge in [-0.05, 0) is 61.0 Å². The number of halogens is 1. The number of rotatable bonds is 5. The zero-order valence-electron chi connectivity index (χ0n) is 14.8. The number of likely N-dealkylation sites (tertiary alicyclic amines) is 1. The first-order chi connectivity index (χ1) is 11.6. The van der Waals surface area contributed by atoms with Gasteiger partial charge in [-0.15, -0.1) is 0 Å². The van der Waals surface area contributed by atoms with E-state index in [1.165, 1.54) is 43.5 Å². The first kappa shape index (κ1) is 17.5. The SMILES string of the molecule is CC(C)(CC(c1ccccc1)N1CCCCC1)c1ccc(Cl)cc1. The fraction of sp³-hybridized carbons (Fsp3) is 0.455. The Balaban J connectivity index is 1.86. The van der Waals surface area contributed by atoms with E-state index in [4.69, 9.17) is 11.6 Å². The molecule has 1 heterocycles. The number of benzene rings is 2. The number of hydrogen-bond acceptors (Lipinski definition) is 1. The summed E-state index contributed by atoms with van der Waals surface area (Å²) in [5, 5.41) is 0.810. The number of hydrogen-bond donors (Lipinski definition) is 0. The summed E-state index contributed by atoms with van der Waals surface area (Å²) in [6.07, 6.45) is 5.15. The monoisotopic (exact) mass is 341 g/mol. The van der Waals surface area contributed by atoms with Crippen LogP contribution in [0.2, 0.25) is 5.02 Å². The van der Waals surface area contributed by atoms with Gasteiger partial charge in [-0.3, -0.25) is 4.90 Å². The van der Waals surface area contributed by atoms with Crippen molar-refractivity contribution in [3.05, 3.63) is 70.7 Å². The molecule has 1 unspecified atom stereocenters. The predicted octanol–water partition coefficient (Wildman–Crippen LogP) is 6.23. The van der Waals surface area contributed by atoms with Crippen molar-refractivity contribution in [1.82, 2.24) is 4.90 Å². The summed E-state index contributed by atoms with van der Waals surface area (Å²) in [5.74, 6) is 0. The third-order valence-electron chi connectivity index (χ3n) is 5.35. The molecule has 1 fully saturated rings. The number of nitrogens with zero attached hydrogens (tertiary/aromatic N) is 1.